The summed E-state index contributed by atoms with van der Waals surface area (Å²) in [5.41, 5.74) is 4.64. The molecule has 24 heavy (non-hydrogen) atoms. The molecule has 6 heteroatoms. The molecule has 0 bridgehead atoms. The fourth-order valence-corrected chi connectivity index (χ4v) is 3.92. The molecule has 2 atom stereocenters. The lowest BCUT2D eigenvalue weighted by atomic mass is 9.80. The summed E-state index contributed by atoms with van der Waals surface area (Å²) in [7, 11) is 1.99. The van der Waals surface area contributed by atoms with E-state index in [0.717, 1.165) is 23.1 Å². The van der Waals surface area contributed by atoms with E-state index in [2.05, 4.69) is 27.5 Å². The van der Waals surface area contributed by atoms with E-state index in [1.54, 1.807) is 0 Å². The van der Waals surface area contributed by atoms with Crippen molar-refractivity contribution in [1.29, 1.82) is 0 Å². The fourth-order valence-electron chi connectivity index (χ4n) is 3.92. The zero-order chi connectivity index (χ0) is 16.8. The minimum absolute atomic E-state index is 0.220. The van der Waals surface area contributed by atoms with Crippen LogP contribution in [0, 0.1) is 5.92 Å². The Hall–Kier alpha value is -2.21. The van der Waals surface area contributed by atoms with Crippen LogP contribution in [0.25, 0.3) is 16.5 Å². The highest BCUT2D eigenvalue weighted by Crippen LogP contribution is 2.40. The molecular formula is C18H19F2N3O. The van der Waals surface area contributed by atoms with Gasteiger partial charge in [0.15, 0.2) is 0 Å². The van der Waals surface area contributed by atoms with Crippen LogP contribution >= 0.6 is 0 Å². The Balaban J connectivity index is 1.72. The second kappa shape index (κ2) is 5.70. The molecule has 1 aromatic heterocycles. The van der Waals surface area contributed by atoms with Gasteiger partial charge in [-0.15, -0.1) is 0 Å². The molecule has 1 amide bonds. The first kappa shape index (κ1) is 15.3. The molecule has 2 aliphatic rings. The number of hydrogen-bond donors (Lipinski definition) is 2. The summed E-state index contributed by atoms with van der Waals surface area (Å²) >= 11 is 0. The Kier molecular flexibility index (Phi) is 3.64. The monoisotopic (exact) mass is 331 g/mol. The molecular weight excluding hydrogens is 312 g/mol. The van der Waals surface area contributed by atoms with Crippen LogP contribution in [-0.4, -0.2) is 48.4 Å². The Morgan fingerprint density at radius 3 is 3.08 bits per heavy atom. The second-order valence-corrected chi connectivity index (χ2v) is 6.57. The van der Waals surface area contributed by atoms with Gasteiger partial charge in [-0.2, -0.15) is 0 Å². The van der Waals surface area contributed by atoms with Crippen LogP contribution < -0.4 is 5.32 Å². The van der Waals surface area contributed by atoms with Crippen LogP contribution in [0.5, 0.6) is 0 Å². The third-order valence-electron chi connectivity index (χ3n) is 5.04. The first-order valence-corrected chi connectivity index (χ1v) is 8.11. The number of likely N-dealkylation sites (N-methyl/N-ethyl adjacent to an activating group) is 1. The van der Waals surface area contributed by atoms with Gasteiger partial charge in [-0.05, 0) is 36.2 Å². The van der Waals surface area contributed by atoms with Gasteiger partial charge >= 0.3 is 0 Å². The van der Waals surface area contributed by atoms with E-state index in [1.807, 2.05) is 25.3 Å². The van der Waals surface area contributed by atoms with E-state index in [9.17, 15) is 13.6 Å². The molecule has 0 saturated heterocycles. The van der Waals surface area contributed by atoms with Crippen molar-refractivity contribution in [3.63, 3.8) is 0 Å². The number of halogens is 2. The van der Waals surface area contributed by atoms with E-state index in [-0.39, 0.29) is 11.9 Å². The maximum Gasteiger partial charge on any atom is 0.255 e. The molecule has 1 aliphatic heterocycles. The van der Waals surface area contributed by atoms with Crippen molar-refractivity contribution in [2.24, 2.45) is 5.92 Å². The molecule has 0 fully saturated rings. The lowest BCUT2D eigenvalue weighted by Gasteiger charge is -2.39. The summed E-state index contributed by atoms with van der Waals surface area (Å²) < 4.78 is 24.7. The highest BCUT2D eigenvalue weighted by molar-refractivity contribution is 5.99. The number of hydrogen-bond acceptors (Lipinski definition) is 2. The van der Waals surface area contributed by atoms with E-state index < -0.39 is 18.9 Å². The quantitative estimate of drug-likeness (QED) is 0.907. The normalized spacial score (nSPS) is 23.2. The largest absolute Gasteiger partial charge is 0.361 e. The first-order chi connectivity index (χ1) is 11.5. The van der Waals surface area contributed by atoms with E-state index in [4.69, 9.17) is 0 Å². The zero-order valence-electron chi connectivity index (χ0n) is 13.4. The standard InChI is InChI=1S/C18H19F2N3O/c1-23-9-11(18(24)22-8-16(19)20)5-13-12-3-2-4-14-17(12)10(7-21-14)6-15(13)23/h2-5,7,11,15-16,21H,6,8-9H2,1H3,(H,22,24). The molecule has 2 heterocycles. The van der Waals surface area contributed by atoms with E-state index in [1.165, 1.54) is 10.9 Å². The summed E-state index contributed by atoms with van der Waals surface area (Å²) in [6.45, 7) is -0.0534. The topological polar surface area (TPSA) is 48.1 Å². The molecule has 0 spiro atoms. The van der Waals surface area contributed by atoms with Gasteiger partial charge in [0.1, 0.15) is 0 Å². The fraction of sp³-hybridized carbons (Fsp3) is 0.389. The minimum atomic E-state index is -2.53. The SMILES string of the molecule is CN1CC(C(=O)NCC(F)F)C=C2c3cccc4[nH]cc(c34)CC21. The van der Waals surface area contributed by atoms with Crippen LogP contribution in [0.3, 0.4) is 0 Å². The summed E-state index contributed by atoms with van der Waals surface area (Å²) in [6, 6.07) is 6.34. The van der Waals surface area contributed by atoms with Gasteiger partial charge in [-0.25, -0.2) is 8.78 Å². The van der Waals surface area contributed by atoms with Crippen molar-refractivity contribution in [3.8, 4) is 0 Å². The average molecular weight is 331 g/mol. The number of aromatic nitrogens is 1. The summed E-state index contributed by atoms with van der Waals surface area (Å²) in [5, 5.41) is 3.55. The molecule has 2 aromatic rings. The van der Waals surface area contributed by atoms with Crippen LogP contribution in [0.15, 0.2) is 30.5 Å². The van der Waals surface area contributed by atoms with Crippen molar-refractivity contribution in [2.75, 3.05) is 20.1 Å². The number of rotatable bonds is 3. The Morgan fingerprint density at radius 1 is 1.46 bits per heavy atom. The maximum absolute atomic E-state index is 12.3. The minimum Gasteiger partial charge on any atom is -0.361 e. The number of H-pyrrole nitrogens is 1. The van der Waals surface area contributed by atoms with Crippen molar-refractivity contribution in [3.05, 3.63) is 41.6 Å². The van der Waals surface area contributed by atoms with Crippen LogP contribution in [-0.2, 0) is 11.2 Å². The van der Waals surface area contributed by atoms with Crippen molar-refractivity contribution in [2.45, 2.75) is 18.9 Å². The third kappa shape index (κ3) is 2.41. The Bertz CT molecular complexity index is 827. The number of carbonyl (C=O) groups excluding carboxylic acids is 1. The van der Waals surface area contributed by atoms with Gasteiger partial charge in [-0.3, -0.25) is 9.69 Å². The maximum atomic E-state index is 12.3. The van der Waals surface area contributed by atoms with Gasteiger partial charge in [0, 0.05) is 29.7 Å². The molecule has 1 aromatic carbocycles. The smallest absolute Gasteiger partial charge is 0.255 e. The molecule has 4 rings (SSSR count). The van der Waals surface area contributed by atoms with Crippen molar-refractivity contribution >= 4 is 22.4 Å². The number of amides is 1. The predicted octanol–water partition coefficient (Wildman–Crippen LogP) is 2.42. The van der Waals surface area contributed by atoms with E-state index in [0.29, 0.717) is 6.54 Å². The molecule has 1 aliphatic carbocycles. The number of nitrogens with one attached hydrogen (secondary N) is 2. The third-order valence-corrected chi connectivity index (χ3v) is 5.04. The molecule has 4 nitrogen and oxygen atoms in total. The number of alkyl halides is 2. The molecule has 0 saturated carbocycles. The highest BCUT2D eigenvalue weighted by Gasteiger charge is 2.35. The van der Waals surface area contributed by atoms with Crippen molar-refractivity contribution in [1.82, 2.24) is 15.2 Å². The second-order valence-electron chi connectivity index (χ2n) is 6.57. The van der Waals surface area contributed by atoms with Crippen LogP contribution in [0.2, 0.25) is 0 Å². The number of carbonyl (C=O) groups is 1. The lowest BCUT2D eigenvalue weighted by molar-refractivity contribution is -0.124. The molecule has 0 radical (unpaired) electrons. The number of fused-ring (bicyclic) bond motifs is 2. The summed E-state index contributed by atoms with van der Waals surface area (Å²) in [6.07, 6.45) is 2.39. The van der Waals surface area contributed by atoms with Crippen LogP contribution in [0.1, 0.15) is 11.1 Å². The summed E-state index contributed by atoms with van der Waals surface area (Å²) in [4.78, 5) is 17.7. The first-order valence-electron chi connectivity index (χ1n) is 8.11. The Labute approximate surface area is 138 Å². The number of nitrogens with zero attached hydrogens (tertiary/aromatic N) is 1. The predicted molar refractivity (Wildman–Crippen MR) is 88.9 cm³/mol. The van der Waals surface area contributed by atoms with Crippen LogP contribution in [0.4, 0.5) is 8.78 Å². The molecule has 126 valence electrons. The molecule has 2 unspecified atom stereocenters. The highest BCUT2D eigenvalue weighted by atomic mass is 19.3. The van der Waals surface area contributed by atoms with Gasteiger partial charge in [0.2, 0.25) is 5.91 Å². The van der Waals surface area contributed by atoms with Gasteiger partial charge < -0.3 is 10.3 Å². The lowest BCUT2D eigenvalue weighted by Crippen LogP contribution is -2.47. The van der Waals surface area contributed by atoms with Gasteiger partial charge in [-0.1, -0.05) is 18.2 Å². The number of aromatic amines is 1. The summed E-state index contributed by atoms with van der Waals surface area (Å²) in [5.74, 6) is -0.740. The van der Waals surface area contributed by atoms with Gasteiger partial charge in [0.05, 0.1) is 12.5 Å². The van der Waals surface area contributed by atoms with Gasteiger partial charge in [0.25, 0.3) is 6.43 Å². The van der Waals surface area contributed by atoms with Crippen molar-refractivity contribution < 1.29 is 13.6 Å². The molecule has 2 N–H and O–H groups in total. The average Bonchev–Trinajstić information content (AvgIpc) is 2.98. The number of benzene rings is 1. The Morgan fingerprint density at radius 2 is 2.29 bits per heavy atom. The van der Waals surface area contributed by atoms with E-state index >= 15 is 0 Å². The zero-order valence-corrected chi connectivity index (χ0v) is 13.4.